The van der Waals surface area contributed by atoms with Gasteiger partial charge in [-0.05, 0) is 6.92 Å². The molecular formula is C8H17N3O. The number of aliphatic imine (C=N–C) groups is 1. The summed E-state index contributed by atoms with van der Waals surface area (Å²) in [6, 6.07) is 0. The van der Waals surface area contributed by atoms with Gasteiger partial charge in [-0.25, -0.2) is 0 Å². The van der Waals surface area contributed by atoms with Crippen molar-refractivity contribution in [2.24, 2.45) is 10.7 Å². The Morgan fingerprint density at radius 1 is 1.50 bits per heavy atom. The minimum Gasteiger partial charge on any atom is -0.394 e. The number of nitrogens with one attached hydrogen (secondary N) is 1. The number of carbonyl (C=O) groups excluding carboxylic acids is 1. The van der Waals surface area contributed by atoms with Crippen LogP contribution in [0.25, 0.3) is 0 Å². The van der Waals surface area contributed by atoms with Gasteiger partial charge < -0.3 is 11.1 Å². The van der Waals surface area contributed by atoms with Gasteiger partial charge in [-0.3, -0.25) is 4.79 Å². The van der Waals surface area contributed by atoms with Crippen LogP contribution in [0.15, 0.2) is 16.8 Å². The molecule has 3 N–H and O–H groups in total. The zero-order chi connectivity index (χ0) is 9.98. The third-order valence-electron chi connectivity index (χ3n) is 0.957. The SMILES string of the molecule is CC.CN/C=C(/C)C(N)=NC=O. The zero-order valence-electron chi connectivity index (χ0n) is 8.09. The fraction of sp³-hybridized carbons (Fsp3) is 0.500. The summed E-state index contributed by atoms with van der Waals surface area (Å²) in [5.74, 6) is 0.240. The van der Waals surface area contributed by atoms with Gasteiger partial charge in [-0.15, -0.1) is 0 Å². The number of amidine groups is 1. The molecule has 70 valence electrons. The predicted octanol–water partition coefficient (Wildman–Crippen LogP) is 0.649. The molecule has 0 spiro atoms. The standard InChI is InChI=1S/C6H11N3O.C2H6/c1-5(3-8-2)6(7)9-4-10;1-2/h3-4,8H,1-2H3,(H2,7,9,10);1-2H3/b5-3-;. The zero-order valence-corrected chi connectivity index (χ0v) is 8.09. The summed E-state index contributed by atoms with van der Waals surface area (Å²) in [7, 11) is 1.75. The normalized spacial score (nSPS) is 11.3. The molecule has 0 saturated heterocycles. The van der Waals surface area contributed by atoms with Gasteiger partial charge in [0.05, 0.1) is 0 Å². The lowest BCUT2D eigenvalue weighted by molar-refractivity contribution is -0.106. The maximum absolute atomic E-state index is 9.81. The van der Waals surface area contributed by atoms with E-state index in [0.717, 1.165) is 5.57 Å². The largest absolute Gasteiger partial charge is 0.394 e. The van der Waals surface area contributed by atoms with Gasteiger partial charge in [0.15, 0.2) is 0 Å². The van der Waals surface area contributed by atoms with Crippen molar-refractivity contribution < 1.29 is 4.79 Å². The van der Waals surface area contributed by atoms with Gasteiger partial charge >= 0.3 is 0 Å². The molecule has 0 aliphatic heterocycles. The van der Waals surface area contributed by atoms with Crippen LogP contribution in [-0.4, -0.2) is 19.3 Å². The van der Waals surface area contributed by atoms with Crippen LogP contribution in [-0.2, 0) is 4.79 Å². The van der Waals surface area contributed by atoms with E-state index in [4.69, 9.17) is 5.73 Å². The smallest absolute Gasteiger partial charge is 0.234 e. The first-order valence-corrected chi connectivity index (χ1v) is 3.83. The number of hydrogen-bond donors (Lipinski definition) is 2. The second-order valence-electron chi connectivity index (χ2n) is 1.74. The van der Waals surface area contributed by atoms with E-state index in [9.17, 15) is 4.79 Å². The van der Waals surface area contributed by atoms with Crippen LogP contribution in [0.5, 0.6) is 0 Å². The Morgan fingerprint density at radius 3 is 2.33 bits per heavy atom. The lowest BCUT2D eigenvalue weighted by Gasteiger charge is -1.96. The minimum atomic E-state index is 0.240. The monoisotopic (exact) mass is 171 g/mol. The lowest BCUT2D eigenvalue weighted by atomic mass is 10.3. The molecule has 4 heteroatoms. The molecule has 12 heavy (non-hydrogen) atoms. The molecule has 0 fully saturated rings. The lowest BCUT2D eigenvalue weighted by Crippen LogP contribution is -2.15. The van der Waals surface area contributed by atoms with E-state index in [2.05, 4.69) is 10.3 Å². The van der Waals surface area contributed by atoms with Gasteiger partial charge in [0.2, 0.25) is 6.41 Å². The van der Waals surface area contributed by atoms with Crippen LogP contribution < -0.4 is 11.1 Å². The molecular weight excluding hydrogens is 154 g/mol. The number of hydrogen-bond acceptors (Lipinski definition) is 2. The highest BCUT2D eigenvalue weighted by Gasteiger charge is 1.91. The number of nitrogens with zero attached hydrogens (tertiary/aromatic N) is 1. The Balaban J connectivity index is 0. The second-order valence-corrected chi connectivity index (χ2v) is 1.74. The van der Waals surface area contributed by atoms with Crippen LogP contribution in [0.4, 0.5) is 0 Å². The number of rotatable bonds is 3. The highest BCUT2D eigenvalue weighted by Crippen LogP contribution is 1.87. The summed E-state index contributed by atoms with van der Waals surface area (Å²) >= 11 is 0. The average Bonchev–Trinajstić information content (AvgIpc) is 2.09. The topological polar surface area (TPSA) is 67.5 Å². The summed E-state index contributed by atoms with van der Waals surface area (Å²) in [6.07, 6.45) is 2.09. The molecule has 0 aromatic heterocycles. The van der Waals surface area contributed by atoms with Gasteiger partial charge in [-0.1, -0.05) is 13.8 Å². The molecule has 0 aliphatic carbocycles. The molecule has 1 amide bonds. The summed E-state index contributed by atoms with van der Waals surface area (Å²) in [6.45, 7) is 5.76. The van der Waals surface area contributed by atoms with Crippen molar-refractivity contribution in [1.29, 1.82) is 0 Å². The molecule has 0 aliphatic rings. The maximum Gasteiger partial charge on any atom is 0.234 e. The molecule has 0 bridgehead atoms. The molecule has 0 radical (unpaired) electrons. The quantitative estimate of drug-likeness (QED) is 0.372. The van der Waals surface area contributed by atoms with Crippen LogP contribution in [0, 0.1) is 0 Å². The first-order chi connectivity index (χ1) is 5.72. The molecule has 0 aromatic carbocycles. The molecule has 0 saturated carbocycles. The highest BCUT2D eigenvalue weighted by molar-refractivity contribution is 5.99. The van der Waals surface area contributed by atoms with Crippen molar-refractivity contribution in [3.05, 3.63) is 11.8 Å². The summed E-state index contributed by atoms with van der Waals surface area (Å²) < 4.78 is 0. The van der Waals surface area contributed by atoms with Gasteiger partial charge in [0.25, 0.3) is 0 Å². The molecule has 0 heterocycles. The van der Waals surface area contributed by atoms with E-state index in [0.29, 0.717) is 6.41 Å². The van der Waals surface area contributed by atoms with E-state index in [1.165, 1.54) is 0 Å². The first-order valence-electron chi connectivity index (χ1n) is 3.83. The Labute approximate surface area is 73.6 Å². The molecule has 0 unspecified atom stereocenters. The number of amides is 1. The molecule has 0 rings (SSSR count). The fourth-order valence-corrected chi connectivity index (χ4v) is 0.449. The first kappa shape index (κ1) is 13.3. The number of carbonyl (C=O) groups is 1. The van der Waals surface area contributed by atoms with Crippen molar-refractivity contribution >= 4 is 12.2 Å². The van der Waals surface area contributed by atoms with Crippen molar-refractivity contribution in [3.63, 3.8) is 0 Å². The van der Waals surface area contributed by atoms with E-state index in [-0.39, 0.29) is 5.84 Å². The van der Waals surface area contributed by atoms with Crippen molar-refractivity contribution in [3.8, 4) is 0 Å². The van der Waals surface area contributed by atoms with Crippen molar-refractivity contribution in [1.82, 2.24) is 5.32 Å². The summed E-state index contributed by atoms with van der Waals surface area (Å²) in [5.41, 5.74) is 6.07. The third-order valence-corrected chi connectivity index (χ3v) is 0.957. The number of nitrogens with two attached hydrogens (primary N) is 1. The third kappa shape index (κ3) is 6.80. The summed E-state index contributed by atoms with van der Waals surface area (Å²) in [5, 5.41) is 2.77. The van der Waals surface area contributed by atoms with Crippen LogP contribution in [0.2, 0.25) is 0 Å². The van der Waals surface area contributed by atoms with E-state index < -0.39 is 0 Å². The fourth-order valence-electron chi connectivity index (χ4n) is 0.449. The Bertz CT molecular complexity index is 173. The minimum absolute atomic E-state index is 0.240. The van der Waals surface area contributed by atoms with Crippen molar-refractivity contribution in [2.75, 3.05) is 7.05 Å². The van der Waals surface area contributed by atoms with E-state index >= 15 is 0 Å². The molecule has 4 nitrogen and oxygen atoms in total. The molecule has 0 atom stereocenters. The Kier molecular flexibility index (Phi) is 10.7. The Morgan fingerprint density at radius 2 is 2.00 bits per heavy atom. The van der Waals surface area contributed by atoms with E-state index in [1.807, 2.05) is 13.8 Å². The highest BCUT2D eigenvalue weighted by atomic mass is 16.1. The van der Waals surface area contributed by atoms with Gasteiger partial charge in [-0.2, -0.15) is 4.99 Å². The van der Waals surface area contributed by atoms with Crippen LogP contribution in [0.3, 0.4) is 0 Å². The van der Waals surface area contributed by atoms with Gasteiger partial charge in [0.1, 0.15) is 5.84 Å². The predicted molar refractivity (Wildman–Crippen MR) is 51.9 cm³/mol. The summed E-state index contributed by atoms with van der Waals surface area (Å²) in [4.78, 5) is 13.2. The van der Waals surface area contributed by atoms with Gasteiger partial charge in [0, 0.05) is 18.8 Å². The van der Waals surface area contributed by atoms with Crippen molar-refractivity contribution in [2.45, 2.75) is 20.8 Å². The van der Waals surface area contributed by atoms with E-state index in [1.54, 1.807) is 20.2 Å². The van der Waals surface area contributed by atoms with Crippen LogP contribution in [0.1, 0.15) is 20.8 Å². The second kappa shape index (κ2) is 9.68. The van der Waals surface area contributed by atoms with Crippen LogP contribution >= 0.6 is 0 Å². The molecule has 0 aromatic rings. The maximum atomic E-state index is 9.81. The average molecular weight is 171 g/mol. The Hall–Kier alpha value is -1.32.